The molecule has 1 aliphatic heterocycles. The van der Waals surface area contributed by atoms with Crippen molar-refractivity contribution in [3.05, 3.63) is 58.4 Å². The van der Waals surface area contributed by atoms with Crippen molar-refractivity contribution in [2.45, 2.75) is 6.67 Å². The van der Waals surface area contributed by atoms with E-state index in [2.05, 4.69) is 19.9 Å². The number of nitrogens with zero attached hydrogens (tertiary/aromatic N) is 5. The summed E-state index contributed by atoms with van der Waals surface area (Å²) in [7, 11) is 0. The molecular weight excluding hydrogens is 340 g/mol. The van der Waals surface area contributed by atoms with E-state index in [-0.39, 0.29) is 5.56 Å². The van der Waals surface area contributed by atoms with Crippen LogP contribution in [-0.4, -0.2) is 45.7 Å². The van der Waals surface area contributed by atoms with Gasteiger partial charge in [0.15, 0.2) is 6.67 Å². The lowest BCUT2D eigenvalue weighted by atomic mass is 10.2. The summed E-state index contributed by atoms with van der Waals surface area (Å²) in [5.74, 6) is 0.765. The van der Waals surface area contributed by atoms with Gasteiger partial charge in [0.2, 0.25) is 5.95 Å². The van der Waals surface area contributed by atoms with Gasteiger partial charge in [0.1, 0.15) is 6.33 Å². The van der Waals surface area contributed by atoms with Crippen LogP contribution in [0.15, 0.2) is 47.8 Å². The van der Waals surface area contributed by atoms with E-state index in [9.17, 15) is 4.79 Å². The van der Waals surface area contributed by atoms with Gasteiger partial charge in [0, 0.05) is 17.4 Å². The molecule has 2 aromatic heterocycles. The molecule has 0 radical (unpaired) electrons. The highest BCUT2D eigenvalue weighted by atomic mass is 35.5. The van der Waals surface area contributed by atoms with Gasteiger partial charge in [-0.05, 0) is 24.3 Å². The van der Waals surface area contributed by atoms with Crippen LogP contribution in [0.4, 0.5) is 5.95 Å². The molecule has 0 aliphatic carbocycles. The Morgan fingerprint density at radius 2 is 1.88 bits per heavy atom. The Kier molecular flexibility index (Phi) is 4.33. The smallest absolute Gasteiger partial charge is 0.265 e. The molecule has 1 saturated heterocycles. The van der Waals surface area contributed by atoms with Crippen molar-refractivity contribution in [1.29, 1.82) is 0 Å². The second-order valence-corrected chi connectivity index (χ2v) is 6.56. The van der Waals surface area contributed by atoms with Crippen LogP contribution in [0.1, 0.15) is 0 Å². The molecule has 1 aliphatic rings. The number of aromatic nitrogens is 4. The molecule has 3 aromatic rings. The molecule has 25 heavy (non-hydrogen) atoms. The Hall–Kier alpha value is -2.51. The quantitative estimate of drug-likeness (QED) is 0.725. The molecule has 8 heteroatoms. The molecule has 1 N–H and O–H groups in total. The number of piperazine rings is 1. The molecule has 0 spiro atoms. The fourth-order valence-electron chi connectivity index (χ4n) is 3.12. The number of fused-ring (bicyclic) bond motifs is 1. The van der Waals surface area contributed by atoms with Crippen LogP contribution in [0, 0.1) is 0 Å². The Morgan fingerprint density at radius 3 is 2.64 bits per heavy atom. The Labute approximate surface area is 149 Å². The summed E-state index contributed by atoms with van der Waals surface area (Å²) in [5.41, 5.74) is 0.625. The van der Waals surface area contributed by atoms with Gasteiger partial charge in [-0.3, -0.25) is 4.79 Å². The molecule has 4 rings (SSSR count). The van der Waals surface area contributed by atoms with Gasteiger partial charge >= 0.3 is 0 Å². The Bertz CT molecular complexity index is 937. The lowest BCUT2D eigenvalue weighted by molar-refractivity contribution is -0.923. The Morgan fingerprint density at radius 1 is 1.12 bits per heavy atom. The number of hydrogen-bond acceptors (Lipinski definition) is 5. The SMILES string of the molecule is O=c1c2cc(Cl)ccc2ncn1C[NH+]1CCN(c2ncccn2)CC1. The second-order valence-electron chi connectivity index (χ2n) is 6.12. The molecule has 0 atom stereocenters. The van der Waals surface area contributed by atoms with Crippen molar-refractivity contribution >= 4 is 28.5 Å². The summed E-state index contributed by atoms with van der Waals surface area (Å²) in [5, 5.41) is 1.11. The maximum atomic E-state index is 12.7. The minimum Gasteiger partial charge on any atom is -0.330 e. The highest BCUT2D eigenvalue weighted by molar-refractivity contribution is 6.31. The highest BCUT2D eigenvalue weighted by Crippen LogP contribution is 2.13. The first-order chi connectivity index (χ1) is 12.2. The number of anilines is 1. The lowest BCUT2D eigenvalue weighted by Crippen LogP contribution is -3.14. The van der Waals surface area contributed by atoms with Crippen molar-refractivity contribution in [1.82, 2.24) is 19.5 Å². The van der Waals surface area contributed by atoms with Crippen molar-refractivity contribution in [3.8, 4) is 0 Å². The zero-order valence-corrected chi connectivity index (χ0v) is 14.4. The third-order valence-electron chi connectivity index (χ3n) is 4.49. The number of benzene rings is 1. The zero-order chi connectivity index (χ0) is 17.2. The van der Waals surface area contributed by atoms with Crippen LogP contribution in [-0.2, 0) is 6.67 Å². The van der Waals surface area contributed by atoms with Crippen LogP contribution < -0.4 is 15.4 Å². The number of nitrogens with one attached hydrogen (secondary N) is 1. The van der Waals surface area contributed by atoms with E-state index in [0.717, 1.165) is 32.1 Å². The van der Waals surface area contributed by atoms with Crippen LogP contribution in [0.3, 0.4) is 0 Å². The number of quaternary nitrogens is 1. The van der Waals surface area contributed by atoms with E-state index in [1.54, 1.807) is 41.5 Å². The van der Waals surface area contributed by atoms with Crippen LogP contribution in [0.5, 0.6) is 0 Å². The monoisotopic (exact) mass is 357 g/mol. The first kappa shape index (κ1) is 16.0. The fraction of sp³-hybridized carbons (Fsp3) is 0.294. The fourth-order valence-corrected chi connectivity index (χ4v) is 3.29. The van der Waals surface area contributed by atoms with Gasteiger partial charge in [-0.25, -0.2) is 19.5 Å². The van der Waals surface area contributed by atoms with Gasteiger partial charge in [0.05, 0.1) is 37.1 Å². The summed E-state index contributed by atoms with van der Waals surface area (Å²) in [6, 6.07) is 7.02. The minimum atomic E-state index is -0.0474. The molecule has 0 unspecified atom stereocenters. The van der Waals surface area contributed by atoms with Gasteiger partial charge < -0.3 is 9.80 Å². The summed E-state index contributed by atoms with van der Waals surface area (Å²) in [6.45, 7) is 4.15. The van der Waals surface area contributed by atoms with E-state index >= 15 is 0 Å². The lowest BCUT2D eigenvalue weighted by Gasteiger charge is -2.32. The third kappa shape index (κ3) is 3.33. The minimum absolute atomic E-state index is 0.0474. The zero-order valence-electron chi connectivity index (χ0n) is 13.6. The van der Waals surface area contributed by atoms with Crippen molar-refractivity contribution in [2.75, 3.05) is 31.1 Å². The molecule has 0 bridgehead atoms. The van der Waals surface area contributed by atoms with E-state index in [1.807, 2.05) is 6.07 Å². The standard InChI is InChI=1S/C17H17ClN6O/c18-13-2-3-15-14(10-13)16(25)24(11-21-15)12-22-6-8-23(9-7-22)17-19-4-1-5-20-17/h1-5,10-11H,6-9,12H2/p+1. The molecule has 7 nitrogen and oxygen atoms in total. The van der Waals surface area contributed by atoms with Crippen LogP contribution in [0.25, 0.3) is 10.9 Å². The van der Waals surface area contributed by atoms with Crippen molar-refractivity contribution < 1.29 is 4.90 Å². The van der Waals surface area contributed by atoms with Crippen LogP contribution in [0.2, 0.25) is 5.02 Å². The number of rotatable bonds is 3. The first-order valence-electron chi connectivity index (χ1n) is 8.21. The van der Waals surface area contributed by atoms with E-state index in [1.165, 1.54) is 4.90 Å². The van der Waals surface area contributed by atoms with E-state index in [0.29, 0.717) is 22.6 Å². The summed E-state index contributed by atoms with van der Waals surface area (Å²) in [4.78, 5) is 29.1. The van der Waals surface area contributed by atoms with Crippen molar-refractivity contribution in [2.24, 2.45) is 0 Å². The molecule has 128 valence electrons. The van der Waals surface area contributed by atoms with Crippen molar-refractivity contribution in [3.63, 3.8) is 0 Å². The third-order valence-corrected chi connectivity index (χ3v) is 4.72. The molecular formula is C17H18ClN6O+. The average molecular weight is 358 g/mol. The predicted molar refractivity (Wildman–Crippen MR) is 96.0 cm³/mol. The molecule has 3 heterocycles. The maximum Gasteiger partial charge on any atom is 0.265 e. The van der Waals surface area contributed by atoms with Crippen LogP contribution >= 0.6 is 11.6 Å². The highest BCUT2D eigenvalue weighted by Gasteiger charge is 2.22. The van der Waals surface area contributed by atoms with Gasteiger partial charge in [-0.15, -0.1) is 0 Å². The van der Waals surface area contributed by atoms with E-state index in [4.69, 9.17) is 11.6 Å². The normalized spacial score (nSPS) is 15.6. The first-order valence-corrected chi connectivity index (χ1v) is 8.59. The summed E-state index contributed by atoms with van der Waals surface area (Å²) in [6.07, 6.45) is 5.14. The number of hydrogen-bond donors (Lipinski definition) is 1. The molecule has 1 aromatic carbocycles. The summed E-state index contributed by atoms with van der Waals surface area (Å²) >= 11 is 6.01. The maximum absolute atomic E-state index is 12.7. The van der Waals surface area contributed by atoms with Gasteiger partial charge in [0.25, 0.3) is 5.56 Å². The molecule has 0 saturated carbocycles. The molecule has 1 fully saturated rings. The van der Waals surface area contributed by atoms with Gasteiger partial charge in [-0.2, -0.15) is 0 Å². The Balaban J connectivity index is 1.48. The largest absolute Gasteiger partial charge is 0.330 e. The summed E-state index contributed by atoms with van der Waals surface area (Å²) < 4.78 is 1.67. The van der Waals surface area contributed by atoms with E-state index < -0.39 is 0 Å². The predicted octanol–water partition coefficient (Wildman–Crippen LogP) is 0.202. The average Bonchev–Trinajstić information content (AvgIpc) is 2.66. The topological polar surface area (TPSA) is 68.3 Å². The molecule has 0 amide bonds. The van der Waals surface area contributed by atoms with Gasteiger partial charge in [-0.1, -0.05) is 11.6 Å². The number of halogens is 1. The second kappa shape index (κ2) is 6.78.